The molecule has 1 aromatic carbocycles. The highest BCUT2D eigenvalue weighted by Gasteiger charge is 2.27. The van der Waals surface area contributed by atoms with Crippen molar-refractivity contribution >= 4 is 44.4 Å². The summed E-state index contributed by atoms with van der Waals surface area (Å²) in [6.07, 6.45) is 3.51. The summed E-state index contributed by atoms with van der Waals surface area (Å²) < 4.78 is 5.02. The Labute approximate surface area is 172 Å². The number of carbonyl (C=O) groups is 2. The number of carbonyl (C=O) groups excluding carboxylic acids is 2. The summed E-state index contributed by atoms with van der Waals surface area (Å²) in [4.78, 5) is 36.8. The van der Waals surface area contributed by atoms with Crippen molar-refractivity contribution in [2.45, 2.75) is 19.8 Å². The molecule has 0 aliphatic carbocycles. The zero-order valence-corrected chi connectivity index (χ0v) is 16.9. The Morgan fingerprint density at radius 3 is 3.03 bits per heavy atom. The molecule has 0 bridgehead atoms. The van der Waals surface area contributed by atoms with Gasteiger partial charge in [-0.25, -0.2) is 14.8 Å². The average Bonchev–Trinajstić information content (AvgIpc) is 3.18. The van der Waals surface area contributed by atoms with Crippen LogP contribution in [0.4, 0.5) is 10.8 Å². The van der Waals surface area contributed by atoms with Gasteiger partial charge in [-0.05, 0) is 50.1 Å². The van der Waals surface area contributed by atoms with Crippen LogP contribution in [-0.2, 0) is 9.53 Å². The number of nitrogens with one attached hydrogen (secondary N) is 1. The van der Waals surface area contributed by atoms with E-state index >= 15 is 0 Å². The van der Waals surface area contributed by atoms with Crippen LogP contribution < -0.4 is 10.2 Å². The van der Waals surface area contributed by atoms with Crippen molar-refractivity contribution in [3.05, 3.63) is 48.2 Å². The molecular formula is C21H22N4O3S. The van der Waals surface area contributed by atoms with E-state index < -0.39 is 5.97 Å². The summed E-state index contributed by atoms with van der Waals surface area (Å²) in [6, 6.07) is 10.7. The number of hydrogen-bond donors (Lipinski definition) is 1. The SMILES string of the molecule is CCOC(=O)c1cccc(NC(=O)C2CCCN(c3nc4cccnc4s3)C2)c1. The van der Waals surface area contributed by atoms with Gasteiger partial charge in [-0.1, -0.05) is 17.4 Å². The van der Waals surface area contributed by atoms with Crippen molar-refractivity contribution in [1.82, 2.24) is 9.97 Å². The van der Waals surface area contributed by atoms with Crippen LogP contribution in [0.25, 0.3) is 10.3 Å². The van der Waals surface area contributed by atoms with Crippen molar-refractivity contribution in [3.63, 3.8) is 0 Å². The van der Waals surface area contributed by atoms with Crippen LogP contribution in [0.3, 0.4) is 0 Å². The molecule has 150 valence electrons. The summed E-state index contributed by atoms with van der Waals surface area (Å²) in [5.74, 6) is -0.582. The fourth-order valence-electron chi connectivity index (χ4n) is 3.44. The van der Waals surface area contributed by atoms with Crippen LogP contribution >= 0.6 is 11.3 Å². The van der Waals surface area contributed by atoms with Crippen LogP contribution in [0, 0.1) is 5.92 Å². The van der Waals surface area contributed by atoms with Crippen molar-refractivity contribution in [2.75, 3.05) is 29.9 Å². The molecular weight excluding hydrogens is 388 g/mol. The van der Waals surface area contributed by atoms with E-state index in [-0.39, 0.29) is 11.8 Å². The third-order valence-electron chi connectivity index (χ3n) is 4.86. The molecule has 0 radical (unpaired) electrons. The topological polar surface area (TPSA) is 84.4 Å². The Balaban J connectivity index is 1.43. The number of pyridine rings is 1. The normalized spacial score (nSPS) is 16.6. The monoisotopic (exact) mass is 410 g/mol. The molecule has 7 nitrogen and oxygen atoms in total. The maximum absolute atomic E-state index is 12.8. The average molecular weight is 410 g/mol. The Kier molecular flexibility index (Phi) is 5.71. The highest BCUT2D eigenvalue weighted by atomic mass is 32.1. The predicted molar refractivity (Wildman–Crippen MR) is 113 cm³/mol. The Morgan fingerprint density at radius 2 is 2.21 bits per heavy atom. The zero-order valence-electron chi connectivity index (χ0n) is 16.1. The number of nitrogens with zero attached hydrogens (tertiary/aromatic N) is 3. The maximum Gasteiger partial charge on any atom is 0.338 e. The van der Waals surface area contributed by atoms with Gasteiger partial charge in [0.1, 0.15) is 10.3 Å². The van der Waals surface area contributed by atoms with Crippen molar-refractivity contribution in [2.24, 2.45) is 5.92 Å². The molecule has 0 spiro atoms. The van der Waals surface area contributed by atoms with Gasteiger partial charge in [0.15, 0.2) is 5.13 Å². The first-order valence-corrected chi connectivity index (χ1v) is 10.5. The fraction of sp³-hybridized carbons (Fsp3) is 0.333. The van der Waals surface area contributed by atoms with Crippen LogP contribution in [0.5, 0.6) is 0 Å². The Morgan fingerprint density at radius 1 is 1.31 bits per heavy atom. The number of fused-ring (bicyclic) bond motifs is 1. The lowest BCUT2D eigenvalue weighted by Gasteiger charge is -2.31. The highest BCUT2D eigenvalue weighted by Crippen LogP contribution is 2.30. The minimum atomic E-state index is -0.392. The third-order valence-corrected chi connectivity index (χ3v) is 5.90. The number of aromatic nitrogens is 2. The fourth-order valence-corrected chi connectivity index (χ4v) is 4.38. The van der Waals surface area contributed by atoms with Crippen LogP contribution in [-0.4, -0.2) is 41.5 Å². The third kappa shape index (κ3) is 4.37. The molecule has 1 atom stereocenters. The summed E-state index contributed by atoms with van der Waals surface area (Å²) >= 11 is 1.55. The van der Waals surface area contributed by atoms with Gasteiger partial charge in [-0.3, -0.25) is 4.79 Å². The number of anilines is 2. The Hall–Kier alpha value is -3.00. The van der Waals surface area contributed by atoms with E-state index in [9.17, 15) is 9.59 Å². The summed E-state index contributed by atoms with van der Waals surface area (Å²) in [5, 5.41) is 3.85. The summed E-state index contributed by atoms with van der Waals surface area (Å²) in [5.41, 5.74) is 1.91. The van der Waals surface area contributed by atoms with Crippen LogP contribution in [0.2, 0.25) is 0 Å². The van der Waals surface area contributed by atoms with Crippen LogP contribution in [0.1, 0.15) is 30.1 Å². The molecule has 8 heteroatoms. The van der Waals surface area contributed by atoms with Gasteiger partial charge in [0.05, 0.1) is 18.1 Å². The molecule has 1 saturated heterocycles. The molecule has 4 rings (SSSR count). The number of benzene rings is 1. The number of rotatable bonds is 5. The zero-order chi connectivity index (χ0) is 20.2. The Bertz CT molecular complexity index is 1000. The van der Waals surface area contributed by atoms with E-state index in [4.69, 9.17) is 4.74 Å². The van der Waals surface area contributed by atoms with E-state index in [1.165, 1.54) is 0 Å². The number of ether oxygens (including phenoxy) is 1. The molecule has 3 heterocycles. The van der Waals surface area contributed by atoms with Gasteiger partial charge in [-0.2, -0.15) is 0 Å². The maximum atomic E-state index is 12.8. The smallest absolute Gasteiger partial charge is 0.338 e. The number of thiazole rings is 1. The second-order valence-corrected chi connectivity index (χ2v) is 7.86. The van der Waals surface area contributed by atoms with E-state index in [1.54, 1.807) is 48.7 Å². The highest BCUT2D eigenvalue weighted by molar-refractivity contribution is 7.21. The molecule has 0 saturated carbocycles. The quantitative estimate of drug-likeness (QED) is 0.646. The van der Waals surface area contributed by atoms with E-state index in [1.807, 2.05) is 12.1 Å². The lowest BCUT2D eigenvalue weighted by molar-refractivity contribution is -0.120. The second-order valence-electron chi connectivity index (χ2n) is 6.90. The van der Waals surface area contributed by atoms with E-state index in [2.05, 4.69) is 20.2 Å². The first-order chi connectivity index (χ1) is 14.1. The molecule has 1 fully saturated rings. The molecule has 1 unspecified atom stereocenters. The first-order valence-electron chi connectivity index (χ1n) is 9.68. The molecule has 1 amide bonds. The van der Waals surface area contributed by atoms with Crippen molar-refractivity contribution < 1.29 is 14.3 Å². The number of esters is 1. The summed E-state index contributed by atoms with van der Waals surface area (Å²) in [6.45, 7) is 3.57. The molecule has 1 aliphatic heterocycles. The minimum Gasteiger partial charge on any atom is -0.462 e. The van der Waals surface area contributed by atoms with Crippen LogP contribution in [0.15, 0.2) is 42.6 Å². The first kappa shape index (κ1) is 19.3. The van der Waals surface area contributed by atoms with E-state index in [0.717, 1.165) is 34.9 Å². The molecule has 29 heavy (non-hydrogen) atoms. The van der Waals surface area contributed by atoms with Gasteiger partial charge in [0.2, 0.25) is 5.91 Å². The van der Waals surface area contributed by atoms with Gasteiger partial charge >= 0.3 is 5.97 Å². The second kappa shape index (κ2) is 8.57. The lowest BCUT2D eigenvalue weighted by atomic mass is 9.97. The van der Waals surface area contributed by atoms with Gasteiger partial charge in [0.25, 0.3) is 0 Å². The standard InChI is InChI=1S/C21H22N4O3S/c1-2-28-20(27)14-6-3-8-16(12-14)23-18(26)15-7-5-11-25(13-15)21-24-17-9-4-10-22-19(17)29-21/h3-4,6,8-10,12,15H,2,5,7,11,13H2,1H3,(H,23,26). The van der Waals surface area contributed by atoms with Gasteiger partial charge in [-0.15, -0.1) is 0 Å². The number of amides is 1. The summed E-state index contributed by atoms with van der Waals surface area (Å²) in [7, 11) is 0. The molecule has 1 aliphatic rings. The number of hydrogen-bond acceptors (Lipinski definition) is 7. The van der Waals surface area contributed by atoms with E-state index in [0.29, 0.717) is 24.4 Å². The van der Waals surface area contributed by atoms with Gasteiger partial charge in [0, 0.05) is 25.0 Å². The minimum absolute atomic E-state index is 0.0463. The molecule has 1 N–H and O–H groups in total. The number of piperidine rings is 1. The lowest BCUT2D eigenvalue weighted by Crippen LogP contribution is -2.40. The predicted octanol–water partition coefficient (Wildman–Crippen LogP) is 3.72. The van der Waals surface area contributed by atoms with Crippen molar-refractivity contribution in [1.29, 1.82) is 0 Å². The molecule has 3 aromatic rings. The largest absolute Gasteiger partial charge is 0.462 e. The van der Waals surface area contributed by atoms with Gasteiger partial charge < -0.3 is 15.0 Å². The van der Waals surface area contributed by atoms with Crippen molar-refractivity contribution in [3.8, 4) is 0 Å². The molecule has 2 aromatic heterocycles.